The molecule has 1 amide bonds. The summed E-state index contributed by atoms with van der Waals surface area (Å²) < 4.78 is 38.7. The van der Waals surface area contributed by atoms with E-state index >= 15 is 0 Å². The third kappa shape index (κ3) is 7.72. The van der Waals surface area contributed by atoms with E-state index in [1.807, 2.05) is 24.2 Å². The minimum atomic E-state index is -4.47. The zero-order valence-electron chi connectivity index (χ0n) is 17.0. The van der Waals surface area contributed by atoms with Crippen molar-refractivity contribution in [1.82, 2.24) is 4.98 Å². The van der Waals surface area contributed by atoms with Gasteiger partial charge in [-0.3, -0.25) is 15.0 Å². The predicted molar refractivity (Wildman–Crippen MR) is 118 cm³/mol. The van der Waals surface area contributed by atoms with Gasteiger partial charge in [-0.2, -0.15) is 19.1 Å². The van der Waals surface area contributed by atoms with Gasteiger partial charge >= 0.3 is 35.7 Å². The maximum Gasteiger partial charge on any atom is 1.00 e. The van der Waals surface area contributed by atoms with Crippen molar-refractivity contribution in [3.05, 3.63) is 89.2 Å². The Bertz CT molecular complexity index is 1070. The molecule has 0 unspecified atom stereocenters. The van der Waals surface area contributed by atoms with Gasteiger partial charge in [-0.05, 0) is 53.6 Å². The number of amides is 1. The van der Waals surface area contributed by atoms with E-state index in [1.165, 1.54) is 12.1 Å². The van der Waals surface area contributed by atoms with Crippen molar-refractivity contribution < 1.29 is 47.5 Å². The molecule has 1 heterocycles. The van der Waals surface area contributed by atoms with Crippen molar-refractivity contribution in [2.75, 3.05) is 17.7 Å². The number of aromatic nitrogens is 1. The SMILES string of the molecule is CNc1cccc(C(=O)Nc2cccc(C(F)(F)F)c2)c1Cc1ccncc1.[BH3-]C#N.[Na+]. The molecule has 2 N–H and O–H groups in total. The van der Waals surface area contributed by atoms with Crippen molar-refractivity contribution in [2.45, 2.75) is 12.6 Å². The summed E-state index contributed by atoms with van der Waals surface area (Å²) in [6.45, 7) is 0. The van der Waals surface area contributed by atoms with Gasteiger partial charge in [-0.25, -0.2) is 0 Å². The van der Waals surface area contributed by atoms with Gasteiger partial charge in [-0.15, -0.1) is 0 Å². The smallest absolute Gasteiger partial charge is 0.388 e. The summed E-state index contributed by atoms with van der Waals surface area (Å²) >= 11 is 0. The number of alkyl halides is 3. The zero-order chi connectivity index (χ0) is 22.9. The molecular weight excluding hydrogens is 427 g/mol. The van der Waals surface area contributed by atoms with Gasteiger partial charge in [0, 0.05) is 42.8 Å². The van der Waals surface area contributed by atoms with E-state index in [2.05, 4.69) is 15.6 Å². The molecule has 0 aliphatic carbocycles. The molecule has 5 nitrogen and oxygen atoms in total. The van der Waals surface area contributed by atoms with Crippen molar-refractivity contribution >= 4 is 25.1 Å². The standard InChI is InChI=1S/C21H18F3N3O.CH3BN.Na/c1-25-19-7-3-6-17(18(19)12-14-8-10-26-11-9-14)20(28)27-16-5-2-4-15(13-16)21(22,23)24;2-1-3;/h2-11,13,25H,12H2,1H3,(H,27,28);2H3;/q;-1;+1. The van der Waals surface area contributed by atoms with E-state index in [9.17, 15) is 18.0 Å². The molecule has 0 saturated heterocycles. The molecule has 32 heavy (non-hydrogen) atoms. The first-order valence-electron chi connectivity index (χ1n) is 8.78. The number of halogens is 3. The molecule has 2 aromatic carbocycles. The summed E-state index contributed by atoms with van der Waals surface area (Å²) in [7, 11) is 1.82. The number of benzene rings is 2. The molecule has 0 aliphatic heterocycles. The number of rotatable bonds is 5. The van der Waals surface area contributed by atoms with Crippen LogP contribution < -0.4 is 40.2 Å². The second-order valence-electron chi connectivity index (χ2n) is 6.15. The average Bonchev–Trinajstić information content (AvgIpc) is 2.75. The fourth-order valence-corrected chi connectivity index (χ4v) is 2.90. The van der Waals surface area contributed by atoms with E-state index in [-0.39, 0.29) is 43.1 Å². The molecule has 0 spiro atoms. The number of nitrogens with zero attached hydrogens (tertiary/aromatic N) is 2. The second kappa shape index (κ2) is 12.9. The Morgan fingerprint density at radius 1 is 1.12 bits per heavy atom. The number of carbonyl (C=O) groups is 1. The number of anilines is 2. The first kappa shape index (κ1) is 27.2. The quantitative estimate of drug-likeness (QED) is 0.567. The van der Waals surface area contributed by atoms with Gasteiger partial charge in [0.05, 0.1) is 13.4 Å². The molecule has 0 radical (unpaired) electrons. The van der Waals surface area contributed by atoms with E-state index in [0.717, 1.165) is 28.9 Å². The van der Waals surface area contributed by atoms with E-state index < -0.39 is 17.6 Å². The van der Waals surface area contributed by atoms with Crippen molar-refractivity contribution in [3.63, 3.8) is 0 Å². The van der Waals surface area contributed by atoms with Crippen molar-refractivity contribution in [2.24, 2.45) is 0 Å². The van der Waals surface area contributed by atoms with Crippen LogP contribution in [0.3, 0.4) is 0 Å². The van der Waals surface area contributed by atoms with Crippen LogP contribution in [0.15, 0.2) is 67.0 Å². The molecule has 0 aliphatic rings. The molecule has 0 fully saturated rings. The van der Waals surface area contributed by atoms with Gasteiger partial charge in [0.15, 0.2) is 0 Å². The number of hydrogen-bond donors (Lipinski definition) is 2. The Morgan fingerprint density at radius 3 is 2.34 bits per heavy atom. The Kier molecular flexibility index (Phi) is 11.0. The molecule has 10 heteroatoms. The van der Waals surface area contributed by atoms with Crippen LogP contribution in [0.4, 0.5) is 24.5 Å². The van der Waals surface area contributed by atoms with Crippen LogP contribution >= 0.6 is 0 Å². The first-order valence-corrected chi connectivity index (χ1v) is 8.78. The molecule has 1 aromatic heterocycles. The van der Waals surface area contributed by atoms with Gasteiger partial charge in [0.1, 0.15) is 0 Å². The largest absolute Gasteiger partial charge is 1.00 e. The molecule has 3 rings (SSSR count). The molecule has 0 saturated carbocycles. The Morgan fingerprint density at radius 2 is 1.75 bits per heavy atom. The summed E-state index contributed by atoms with van der Waals surface area (Å²) in [5, 5.41) is 13.1. The van der Waals surface area contributed by atoms with Crippen LogP contribution in [-0.4, -0.2) is 25.8 Å². The van der Waals surface area contributed by atoms with Crippen LogP contribution in [0.1, 0.15) is 27.0 Å². The maximum absolute atomic E-state index is 12.9. The Hall–Kier alpha value is -2.80. The number of nitrogens with one attached hydrogen (secondary N) is 2. The minimum absolute atomic E-state index is 0. The monoisotopic (exact) mass is 448 g/mol. The maximum atomic E-state index is 12.9. The summed E-state index contributed by atoms with van der Waals surface area (Å²) in [5.74, 6) is 1.53. The van der Waals surface area contributed by atoms with Crippen LogP contribution in [0.2, 0.25) is 0 Å². The fourth-order valence-electron chi connectivity index (χ4n) is 2.90. The fraction of sp³-hybridized carbons (Fsp3) is 0.136. The zero-order valence-corrected chi connectivity index (χ0v) is 19.0. The van der Waals surface area contributed by atoms with Crippen LogP contribution in [-0.2, 0) is 12.6 Å². The number of carbonyl (C=O) groups excluding carboxylic acids is 1. The molecule has 0 atom stereocenters. The van der Waals surface area contributed by atoms with Crippen LogP contribution in [0.25, 0.3) is 0 Å². The van der Waals surface area contributed by atoms with Gasteiger partial charge in [0.2, 0.25) is 0 Å². The van der Waals surface area contributed by atoms with E-state index in [4.69, 9.17) is 5.26 Å². The third-order valence-electron chi connectivity index (χ3n) is 4.27. The minimum Gasteiger partial charge on any atom is -0.388 e. The molecular formula is C22H21BF3N4NaO. The van der Waals surface area contributed by atoms with Gasteiger partial charge in [-0.1, -0.05) is 12.1 Å². The molecule has 3 aromatic rings. The van der Waals surface area contributed by atoms with Gasteiger partial charge < -0.3 is 10.6 Å². The number of nitriles is 1. The Balaban J connectivity index is 0.00000121. The first-order chi connectivity index (χ1) is 14.8. The molecule has 160 valence electrons. The topological polar surface area (TPSA) is 77.8 Å². The van der Waals surface area contributed by atoms with Crippen molar-refractivity contribution in [1.29, 1.82) is 5.26 Å². The van der Waals surface area contributed by atoms with E-state index in [1.54, 1.807) is 31.6 Å². The second-order valence-corrected chi connectivity index (χ2v) is 6.15. The van der Waals surface area contributed by atoms with Crippen molar-refractivity contribution in [3.8, 4) is 5.97 Å². The summed E-state index contributed by atoms with van der Waals surface area (Å²) in [5.41, 5.74) is 2.15. The van der Waals surface area contributed by atoms with Crippen LogP contribution in [0, 0.1) is 11.2 Å². The van der Waals surface area contributed by atoms with Gasteiger partial charge in [0.25, 0.3) is 5.91 Å². The number of pyridine rings is 1. The van der Waals surface area contributed by atoms with E-state index in [0.29, 0.717) is 12.0 Å². The third-order valence-corrected chi connectivity index (χ3v) is 4.27. The predicted octanol–water partition coefficient (Wildman–Crippen LogP) is 0.822. The summed E-state index contributed by atoms with van der Waals surface area (Å²) in [6, 6.07) is 13.5. The summed E-state index contributed by atoms with van der Waals surface area (Å²) in [4.78, 5) is 16.8. The van der Waals surface area contributed by atoms with Crippen LogP contribution in [0.5, 0.6) is 0 Å². The summed E-state index contributed by atoms with van der Waals surface area (Å²) in [6.07, 6.45) is -0.663. The average molecular weight is 448 g/mol. The number of hydrogen-bond acceptors (Lipinski definition) is 4. The molecule has 0 bridgehead atoms. The normalized spacial score (nSPS) is 10.0. The Labute approximate surface area is 207 Å².